The van der Waals surface area contributed by atoms with Crippen LogP contribution in [0.5, 0.6) is 0 Å². The number of alkyl carbamates (subject to hydrolysis) is 2. The average Bonchev–Trinajstić information content (AvgIpc) is 4.04. The van der Waals surface area contributed by atoms with Gasteiger partial charge in [-0.25, -0.2) is 19.6 Å². The molecule has 2 aromatic carbocycles. The van der Waals surface area contributed by atoms with E-state index in [2.05, 4.69) is 74.1 Å². The highest BCUT2D eigenvalue weighted by molar-refractivity contribution is 7.99. The van der Waals surface area contributed by atoms with Crippen molar-refractivity contribution in [3.8, 4) is 33.6 Å². The molecule has 2 aromatic heterocycles. The van der Waals surface area contributed by atoms with Gasteiger partial charge in [-0.05, 0) is 59.6 Å². The van der Waals surface area contributed by atoms with Crippen molar-refractivity contribution < 1.29 is 28.7 Å². The summed E-state index contributed by atoms with van der Waals surface area (Å²) in [7, 11) is 2.58. The summed E-state index contributed by atoms with van der Waals surface area (Å²) >= 11 is 1.72. The Morgan fingerprint density at radius 1 is 0.714 bits per heavy atom. The predicted molar refractivity (Wildman–Crippen MR) is 215 cm³/mol. The molecule has 2 aliphatic rings. The largest absolute Gasteiger partial charge is 0.453 e. The summed E-state index contributed by atoms with van der Waals surface area (Å²) in [6.45, 7) is 8.77. The highest BCUT2D eigenvalue weighted by Gasteiger charge is 2.41. The van der Waals surface area contributed by atoms with Crippen molar-refractivity contribution in [1.29, 1.82) is 0 Å². The second-order valence-electron chi connectivity index (χ2n) is 15.0. The number of benzene rings is 2. The minimum absolute atomic E-state index is 0.106. The number of carbonyl (C=O) groups excluding carboxylic acids is 4. The first-order valence-electron chi connectivity index (χ1n) is 19.1. The number of rotatable bonds is 12. The number of hydrogen-bond acceptors (Lipinski definition) is 9. The summed E-state index contributed by atoms with van der Waals surface area (Å²) in [4.78, 5) is 71.3. The Labute approximate surface area is 331 Å². The van der Waals surface area contributed by atoms with Crippen LogP contribution in [0, 0.1) is 11.8 Å². The minimum Gasteiger partial charge on any atom is -0.453 e. The van der Waals surface area contributed by atoms with E-state index in [4.69, 9.17) is 14.5 Å². The van der Waals surface area contributed by atoms with Crippen LogP contribution in [0.2, 0.25) is 0 Å². The summed E-state index contributed by atoms with van der Waals surface area (Å²) in [5.41, 5.74) is 5.76. The van der Waals surface area contributed by atoms with Crippen molar-refractivity contribution in [3.63, 3.8) is 0 Å². The molecule has 14 nitrogen and oxygen atoms in total. The Hall–Kier alpha value is -5.31. The Kier molecular flexibility index (Phi) is 12.7. The normalized spacial score (nSPS) is 19.3. The van der Waals surface area contributed by atoms with Gasteiger partial charge in [0.25, 0.3) is 0 Å². The van der Waals surface area contributed by atoms with Crippen molar-refractivity contribution >= 4 is 35.8 Å². The molecule has 0 spiro atoms. The zero-order valence-corrected chi connectivity index (χ0v) is 33.8. The third kappa shape index (κ3) is 8.72. The zero-order valence-electron chi connectivity index (χ0n) is 33.0. The molecule has 4 heterocycles. The van der Waals surface area contributed by atoms with Crippen molar-refractivity contribution in [2.45, 2.75) is 76.4 Å². The van der Waals surface area contributed by atoms with E-state index >= 15 is 0 Å². The maximum absolute atomic E-state index is 13.8. The number of carbonyl (C=O) groups is 4. The van der Waals surface area contributed by atoms with Crippen molar-refractivity contribution in [3.05, 3.63) is 72.6 Å². The summed E-state index contributed by atoms with van der Waals surface area (Å²) in [6.07, 6.45) is 6.78. The van der Waals surface area contributed by atoms with Gasteiger partial charge in [0.15, 0.2) is 0 Å². The molecule has 2 aliphatic heterocycles. The first kappa shape index (κ1) is 40.4. The number of H-pyrrole nitrogens is 2. The Bertz CT molecular complexity index is 1990. The lowest BCUT2D eigenvalue weighted by Crippen LogP contribution is -2.51. The van der Waals surface area contributed by atoms with Crippen LogP contribution in [0.15, 0.2) is 60.9 Å². The molecule has 2 saturated heterocycles. The van der Waals surface area contributed by atoms with Crippen LogP contribution in [0.4, 0.5) is 9.59 Å². The maximum Gasteiger partial charge on any atom is 0.407 e. The number of nitrogens with zero attached hydrogens (tertiary/aromatic N) is 4. The quantitative estimate of drug-likeness (QED) is 0.124. The molecule has 2 fully saturated rings. The number of likely N-dealkylation sites (tertiary alicyclic amines) is 2. The molecule has 0 bridgehead atoms. The van der Waals surface area contributed by atoms with Gasteiger partial charge in [-0.15, -0.1) is 0 Å². The number of aromatic amines is 2. The second kappa shape index (κ2) is 17.7. The van der Waals surface area contributed by atoms with E-state index in [1.54, 1.807) is 22.9 Å². The molecule has 4 aromatic rings. The molecule has 6 rings (SSSR count). The monoisotopic (exact) mass is 784 g/mol. The number of ether oxygens (including phenoxy) is 2. The number of aromatic nitrogens is 4. The maximum atomic E-state index is 13.8. The standard InChI is InChI=1S/C41H52N8O6S/c1-23(2)34(46-40(52)54-5)38(50)48-18-8-9-32(48)36-42-20-30(44-36)27-14-10-25(11-15-27)26-12-16-28(17-13-26)31-21-43-37(45-31)33-19-29(56-7)22-49(33)39(51)35(24(3)4)47-41(53)55-6/h10-17,20-21,23-24,29,32-35H,8-9,18-19,22H2,1-7H3,(H,42,44)(H,43,45)(H,46,52)(H,47,53)/t29-,32?,33?,34+,35+/m1/s1. The highest BCUT2D eigenvalue weighted by atomic mass is 32.2. The van der Waals surface area contributed by atoms with Gasteiger partial charge in [0.2, 0.25) is 11.8 Å². The summed E-state index contributed by atoms with van der Waals surface area (Å²) in [5, 5.41) is 5.66. The zero-order chi connectivity index (χ0) is 40.1. The fourth-order valence-electron chi connectivity index (χ4n) is 7.53. The molecule has 15 heteroatoms. The fourth-order valence-corrected chi connectivity index (χ4v) is 8.22. The molecule has 298 valence electrons. The van der Waals surface area contributed by atoms with Gasteiger partial charge in [0.1, 0.15) is 23.7 Å². The van der Waals surface area contributed by atoms with Gasteiger partial charge in [-0.2, -0.15) is 11.8 Å². The lowest BCUT2D eigenvalue weighted by Gasteiger charge is -2.30. The number of imidazole rings is 2. The molecule has 56 heavy (non-hydrogen) atoms. The van der Waals surface area contributed by atoms with Crippen LogP contribution < -0.4 is 10.6 Å². The van der Waals surface area contributed by atoms with E-state index < -0.39 is 24.3 Å². The first-order chi connectivity index (χ1) is 26.9. The number of nitrogens with one attached hydrogen (secondary N) is 4. The third-order valence-electron chi connectivity index (χ3n) is 10.7. The van der Waals surface area contributed by atoms with Gasteiger partial charge in [0, 0.05) is 18.3 Å². The predicted octanol–water partition coefficient (Wildman–Crippen LogP) is 6.56. The third-order valence-corrected chi connectivity index (χ3v) is 11.8. The van der Waals surface area contributed by atoms with Crippen LogP contribution in [-0.2, 0) is 19.1 Å². The smallest absolute Gasteiger partial charge is 0.407 e. The van der Waals surface area contributed by atoms with E-state index in [1.807, 2.05) is 45.0 Å². The van der Waals surface area contributed by atoms with Gasteiger partial charge in [-0.1, -0.05) is 76.2 Å². The summed E-state index contributed by atoms with van der Waals surface area (Å²) < 4.78 is 9.54. The van der Waals surface area contributed by atoms with Crippen LogP contribution in [-0.4, -0.2) is 105 Å². The molecular weight excluding hydrogens is 733 g/mol. The Balaban J connectivity index is 1.12. The van der Waals surface area contributed by atoms with Crippen LogP contribution in [0.25, 0.3) is 33.6 Å². The van der Waals surface area contributed by atoms with Crippen LogP contribution in [0.1, 0.15) is 70.7 Å². The van der Waals surface area contributed by atoms with Crippen molar-refractivity contribution in [1.82, 2.24) is 40.4 Å². The van der Waals surface area contributed by atoms with E-state index in [0.29, 0.717) is 13.1 Å². The number of methoxy groups -OCH3 is 2. The average molecular weight is 785 g/mol. The molecule has 4 N–H and O–H groups in total. The van der Waals surface area contributed by atoms with E-state index in [1.165, 1.54) is 14.2 Å². The van der Waals surface area contributed by atoms with E-state index in [9.17, 15) is 19.2 Å². The van der Waals surface area contributed by atoms with Gasteiger partial charge in [0.05, 0.1) is 50.1 Å². The Morgan fingerprint density at radius 3 is 1.61 bits per heavy atom. The summed E-state index contributed by atoms with van der Waals surface area (Å²) in [5.74, 6) is 0.925. The number of amides is 4. The van der Waals surface area contributed by atoms with Gasteiger partial charge in [-0.3, -0.25) is 9.59 Å². The van der Waals surface area contributed by atoms with E-state index in [0.717, 1.165) is 64.6 Å². The second-order valence-corrected chi connectivity index (χ2v) is 16.2. The van der Waals surface area contributed by atoms with E-state index in [-0.39, 0.29) is 41.0 Å². The fraction of sp³-hybridized carbons (Fsp3) is 0.463. The minimum atomic E-state index is -0.708. The first-order valence-corrected chi connectivity index (χ1v) is 20.3. The number of thioether (sulfide) groups is 1. The Morgan fingerprint density at radius 2 is 1.16 bits per heavy atom. The molecule has 0 radical (unpaired) electrons. The van der Waals surface area contributed by atoms with Crippen LogP contribution >= 0.6 is 11.8 Å². The molecule has 0 saturated carbocycles. The lowest BCUT2D eigenvalue weighted by atomic mass is 10.0. The summed E-state index contributed by atoms with van der Waals surface area (Å²) in [6, 6.07) is 14.7. The number of hydrogen-bond donors (Lipinski definition) is 4. The SMILES string of the molecule is COC(=O)N[C@H](C(=O)N1CCCC1c1ncc(-c2ccc(-c3ccc(-c4cnc(C5C[C@@H](SC)CN5C(=O)[C@@H](NC(=O)OC)C(C)C)[nH]4)cc3)cc2)[nH]1)C(C)C. The highest BCUT2D eigenvalue weighted by Crippen LogP contribution is 2.38. The van der Waals surface area contributed by atoms with Gasteiger partial charge >= 0.3 is 12.2 Å². The lowest BCUT2D eigenvalue weighted by molar-refractivity contribution is -0.136. The molecule has 5 atom stereocenters. The van der Waals surface area contributed by atoms with Crippen LogP contribution in [0.3, 0.4) is 0 Å². The molecule has 2 unspecified atom stereocenters. The van der Waals surface area contributed by atoms with Crippen molar-refractivity contribution in [2.75, 3.05) is 33.6 Å². The molecular formula is C41H52N8O6S. The van der Waals surface area contributed by atoms with Gasteiger partial charge < -0.3 is 39.9 Å². The topological polar surface area (TPSA) is 175 Å². The molecule has 4 amide bonds. The molecule has 0 aliphatic carbocycles. The van der Waals surface area contributed by atoms with Crippen molar-refractivity contribution in [2.24, 2.45) is 11.8 Å².